The minimum atomic E-state index is -0.858. The number of carbonyl (C=O) groups is 2. The standard InChI is InChI=1S/C6H6N4O2/c7-3-1-2-5(11)4-9-10-6(8)12/h1-2,4H,(H3,8,10,12)/b2-1+,9-4-. The minimum absolute atomic E-state index is 0.509. The van der Waals surface area contributed by atoms with Gasteiger partial charge in [0.2, 0.25) is 0 Å². The van der Waals surface area contributed by atoms with Crippen LogP contribution in [-0.2, 0) is 4.79 Å². The van der Waals surface area contributed by atoms with E-state index in [0.717, 1.165) is 18.4 Å². The van der Waals surface area contributed by atoms with E-state index in [0.29, 0.717) is 0 Å². The number of amides is 2. The van der Waals surface area contributed by atoms with Gasteiger partial charge in [-0.25, -0.2) is 10.2 Å². The minimum Gasteiger partial charge on any atom is -0.350 e. The van der Waals surface area contributed by atoms with Crippen LogP contribution in [0.2, 0.25) is 0 Å². The molecule has 0 aliphatic heterocycles. The molecule has 62 valence electrons. The van der Waals surface area contributed by atoms with Crippen LogP contribution in [0.3, 0.4) is 0 Å². The molecule has 0 aromatic heterocycles. The molecule has 0 rings (SSSR count). The average molecular weight is 166 g/mol. The molecule has 0 fully saturated rings. The number of nitrogens with two attached hydrogens (primary N) is 1. The number of nitriles is 1. The summed E-state index contributed by atoms with van der Waals surface area (Å²) in [5.74, 6) is -0.509. The molecule has 0 saturated carbocycles. The second-order valence-corrected chi connectivity index (χ2v) is 1.60. The van der Waals surface area contributed by atoms with Gasteiger partial charge in [0, 0.05) is 6.08 Å². The molecule has 6 heteroatoms. The summed E-state index contributed by atoms with van der Waals surface area (Å²) in [6, 6.07) is 0.765. The fraction of sp³-hybridized carbons (Fsp3) is 0. The largest absolute Gasteiger partial charge is 0.350 e. The van der Waals surface area contributed by atoms with Crippen molar-refractivity contribution in [3.05, 3.63) is 12.2 Å². The van der Waals surface area contributed by atoms with E-state index in [1.165, 1.54) is 0 Å². The number of nitrogens with zero attached hydrogens (tertiary/aromatic N) is 2. The molecular weight excluding hydrogens is 160 g/mol. The molecule has 0 aliphatic rings. The Balaban J connectivity index is 3.86. The number of allylic oxidation sites excluding steroid dienone is 2. The predicted octanol–water partition coefficient (Wildman–Crippen LogP) is -0.711. The third-order valence-electron chi connectivity index (χ3n) is 0.689. The molecule has 6 nitrogen and oxygen atoms in total. The van der Waals surface area contributed by atoms with Gasteiger partial charge in [-0.1, -0.05) is 0 Å². The summed E-state index contributed by atoms with van der Waals surface area (Å²) in [5, 5.41) is 11.2. The SMILES string of the molecule is N#C/C=C/C(=O)/C=N\NC(N)=O. The number of hydrogen-bond acceptors (Lipinski definition) is 4. The first kappa shape index (κ1) is 9.84. The van der Waals surface area contributed by atoms with E-state index < -0.39 is 11.8 Å². The van der Waals surface area contributed by atoms with Gasteiger partial charge in [-0.2, -0.15) is 10.4 Å². The molecule has 0 aromatic rings. The van der Waals surface area contributed by atoms with Gasteiger partial charge < -0.3 is 5.73 Å². The molecule has 0 aliphatic carbocycles. The highest BCUT2D eigenvalue weighted by Crippen LogP contribution is 1.71. The van der Waals surface area contributed by atoms with E-state index in [1.54, 1.807) is 6.07 Å². The van der Waals surface area contributed by atoms with Gasteiger partial charge in [0.05, 0.1) is 12.3 Å². The van der Waals surface area contributed by atoms with E-state index >= 15 is 0 Å². The van der Waals surface area contributed by atoms with Gasteiger partial charge in [-0.15, -0.1) is 0 Å². The van der Waals surface area contributed by atoms with Gasteiger partial charge in [-0.05, 0) is 6.08 Å². The lowest BCUT2D eigenvalue weighted by molar-refractivity contribution is -0.108. The molecule has 0 unspecified atom stereocenters. The number of rotatable bonds is 3. The topological polar surface area (TPSA) is 108 Å². The van der Waals surface area contributed by atoms with Crippen LogP contribution in [0.5, 0.6) is 0 Å². The van der Waals surface area contributed by atoms with Crippen molar-refractivity contribution in [3.63, 3.8) is 0 Å². The van der Waals surface area contributed by atoms with Gasteiger partial charge >= 0.3 is 6.03 Å². The number of carbonyl (C=O) groups excluding carboxylic acids is 2. The summed E-state index contributed by atoms with van der Waals surface area (Å²) in [4.78, 5) is 20.6. The molecule has 0 spiro atoms. The Morgan fingerprint density at radius 2 is 2.25 bits per heavy atom. The Morgan fingerprint density at radius 1 is 1.58 bits per heavy atom. The quantitative estimate of drug-likeness (QED) is 0.250. The number of nitrogens with one attached hydrogen (secondary N) is 1. The van der Waals surface area contributed by atoms with Crippen molar-refractivity contribution in [1.82, 2.24) is 5.43 Å². The summed E-state index contributed by atoms with van der Waals surface area (Å²) in [5.41, 5.74) is 6.46. The Kier molecular flexibility index (Phi) is 4.60. The molecule has 0 aromatic carbocycles. The number of primary amides is 1. The Labute approximate surface area is 68.3 Å². The first-order valence-corrected chi connectivity index (χ1v) is 2.85. The van der Waals surface area contributed by atoms with Crippen LogP contribution in [0.25, 0.3) is 0 Å². The highest BCUT2D eigenvalue weighted by Gasteiger charge is 1.89. The Bertz CT molecular complexity index is 274. The third-order valence-corrected chi connectivity index (χ3v) is 0.689. The molecule has 3 N–H and O–H groups in total. The summed E-state index contributed by atoms with van der Waals surface area (Å²) in [6.45, 7) is 0. The van der Waals surface area contributed by atoms with Crippen molar-refractivity contribution in [2.24, 2.45) is 10.8 Å². The molecule has 0 saturated heterocycles. The molecule has 0 atom stereocenters. The Morgan fingerprint density at radius 3 is 2.75 bits per heavy atom. The fourth-order valence-electron chi connectivity index (χ4n) is 0.322. The van der Waals surface area contributed by atoms with Crippen LogP contribution in [0.1, 0.15) is 0 Å². The van der Waals surface area contributed by atoms with E-state index in [4.69, 9.17) is 5.26 Å². The van der Waals surface area contributed by atoms with Crippen molar-refractivity contribution in [2.45, 2.75) is 0 Å². The number of hydrogen-bond donors (Lipinski definition) is 2. The first-order valence-electron chi connectivity index (χ1n) is 2.85. The lowest BCUT2D eigenvalue weighted by Crippen LogP contribution is -2.24. The van der Waals surface area contributed by atoms with E-state index in [2.05, 4.69) is 10.8 Å². The van der Waals surface area contributed by atoms with E-state index in [1.807, 2.05) is 5.43 Å². The van der Waals surface area contributed by atoms with Crippen molar-refractivity contribution >= 4 is 18.0 Å². The summed E-state index contributed by atoms with van der Waals surface area (Å²) < 4.78 is 0. The van der Waals surface area contributed by atoms with Crippen LogP contribution in [-0.4, -0.2) is 18.0 Å². The Hall–Kier alpha value is -2.16. The second-order valence-electron chi connectivity index (χ2n) is 1.60. The highest BCUT2D eigenvalue weighted by atomic mass is 16.2. The van der Waals surface area contributed by atoms with Gasteiger partial charge in [0.15, 0.2) is 5.78 Å². The zero-order chi connectivity index (χ0) is 9.40. The van der Waals surface area contributed by atoms with E-state index in [-0.39, 0.29) is 0 Å². The maximum absolute atomic E-state index is 10.6. The van der Waals surface area contributed by atoms with E-state index in [9.17, 15) is 9.59 Å². The second kappa shape index (κ2) is 5.61. The van der Waals surface area contributed by atoms with Crippen LogP contribution < -0.4 is 11.2 Å². The molecule has 0 bridgehead atoms. The lowest BCUT2D eigenvalue weighted by atomic mass is 10.4. The van der Waals surface area contributed by atoms with Crippen molar-refractivity contribution < 1.29 is 9.59 Å². The third kappa shape index (κ3) is 5.97. The number of urea groups is 1. The van der Waals surface area contributed by atoms with Crippen LogP contribution in [0, 0.1) is 11.3 Å². The van der Waals surface area contributed by atoms with Crippen LogP contribution in [0.4, 0.5) is 4.79 Å². The maximum atomic E-state index is 10.6. The van der Waals surface area contributed by atoms with Gasteiger partial charge in [-0.3, -0.25) is 4.79 Å². The monoisotopic (exact) mass is 166 g/mol. The molecule has 2 amide bonds. The number of hydrazone groups is 1. The molecular formula is C6H6N4O2. The fourth-order valence-corrected chi connectivity index (χ4v) is 0.322. The molecule has 0 radical (unpaired) electrons. The maximum Gasteiger partial charge on any atom is 0.332 e. The molecule has 0 heterocycles. The van der Waals surface area contributed by atoms with Crippen molar-refractivity contribution in [1.29, 1.82) is 5.26 Å². The summed E-state index contributed by atoms with van der Waals surface area (Å²) in [6.07, 6.45) is 2.84. The summed E-state index contributed by atoms with van der Waals surface area (Å²) >= 11 is 0. The van der Waals surface area contributed by atoms with Gasteiger partial charge in [0.25, 0.3) is 0 Å². The average Bonchev–Trinajstić information content (AvgIpc) is 2.00. The zero-order valence-corrected chi connectivity index (χ0v) is 6.02. The summed E-state index contributed by atoms with van der Waals surface area (Å²) in [7, 11) is 0. The van der Waals surface area contributed by atoms with Crippen LogP contribution >= 0.6 is 0 Å². The normalized spacial score (nSPS) is 9.92. The number of ketones is 1. The van der Waals surface area contributed by atoms with Gasteiger partial charge in [0.1, 0.15) is 0 Å². The van der Waals surface area contributed by atoms with Crippen LogP contribution in [0.15, 0.2) is 17.3 Å². The molecule has 12 heavy (non-hydrogen) atoms. The van der Waals surface area contributed by atoms with Crippen molar-refractivity contribution in [3.8, 4) is 6.07 Å². The predicted molar refractivity (Wildman–Crippen MR) is 41.0 cm³/mol. The van der Waals surface area contributed by atoms with Crippen molar-refractivity contribution in [2.75, 3.05) is 0 Å². The zero-order valence-electron chi connectivity index (χ0n) is 6.02. The highest BCUT2D eigenvalue weighted by molar-refractivity contribution is 6.32. The smallest absolute Gasteiger partial charge is 0.332 e. The first-order chi connectivity index (χ1) is 5.66. The lowest BCUT2D eigenvalue weighted by Gasteiger charge is -1.87.